The number of rotatable bonds is 5. The number of carbonyl (C=O) groups is 1. The first kappa shape index (κ1) is 19.8. The third-order valence-corrected chi connectivity index (χ3v) is 5.39. The smallest absolute Gasteiger partial charge is 0.293 e. The fourth-order valence-electron chi connectivity index (χ4n) is 3.68. The van der Waals surface area contributed by atoms with Crippen molar-refractivity contribution in [3.8, 4) is 0 Å². The molecular weight excluding hydrogens is 382 g/mol. The van der Waals surface area contributed by atoms with Crippen LogP contribution in [0.25, 0.3) is 10.8 Å². The Bertz CT molecular complexity index is 1090. The molecule has 1 aliphatic heterocycles. The minimum atomic E-state index is -0.453. The zero-order valence-corrected chi connectivity index (χ0v) is 16.7. The Hall–Kier alpha value is -3.45. The Balaban J connectivity index is 1.58. The lowest BCUT2D eigenvalue weighted by Gasteiger charge is -2.27. The third kappa shape index (κ3) is 4.11. The fraction of sp³-hybridized carbons (Fsp3) is 0.261. The van der Waals surface area contributed by atoms with Crippen molar-refractivity contribution in [2.75, 3.05) is 31.6 Å². The van der Waals surface area contributed by atoms with Gasteiger partial charge in [0.05, 0.1) is 18.1 Å². The Labute approximate surface area is 174 Å². The van der Waals surface area contributed by atoms with Crippen molar-refractivity contribution < 1.29 is 14.5 Å². The van der Waals surface area contributed by atoms with Gasteiger partial charge in [-0.05, 0) is 41.5 Å². The quantitative estimate of drug-likeness (QED) is 0.503. The maximum absolute atomic E-state index is 12.7. The van der Waals surface area contributed by atoms with E-state index >= 15 is 0 Å². The summed E-state index contributed by atoms with van der Waals surface area (Å²) < 4.78 is 5.27. The average molecular weight is 405 g/mol. The van der Waals surface area contributed by atoms with Crippen LogP contribution in [0, 0.1) is 10.1 Å². The number of nitrogens with zero attached hydrogens (tertiary/aromatic N) is 2. The number of anilines is 1. The van der Waals surface area contributed by atoms with Gasteiger partial charge in [0, 0.05) is 30.8 Å². The SMILES string of the molecule is C[C@H](Nc1ccc(C(=O)N2CCOCC2)cc1[N+](=O)[O-])c1ccc2ccccc2c1. The second kappa shape index (κ2) is 8.51. The van der Waals surface area contributed by atoms with E-state index in [2.05, 4.69) is 11.4 Å². The highest BCUT2D eigenvalue weighted by molar-refractivity contribution is 5.96. The molecule has 154 valence electrons. The monoisotopic (exact) mass is 405 g/mol. The van der Waals surface area contributed by atoms with Gasteiger partial charge in [-0.2, -0.15) is 0 Å². The van der Waals surface area contributed by atoms with E-state index in [0.29, 0.717) is 37.6 Å². The summed E-state index contributed by atoms with van der Waals surface area (Å²) in [5.74, 6) is -0.212. The first-order valence-electron chi connectivity index (χ1n) is 9.93. The van der Waals surface area contributed by atoms with Crippen molar-refractivity contribution in [3.63, 3.8) is 0 Å². The number of amides is 1. The number of ether oxygens (including phenoxy) is 1. The minimum Gasteiger partial charge on any atom is -0.378 e. The number of morpholine rings is 1. The highest BCUT2D eigenvalue weighted by atomic mass is 16.6. The van der Waals surface area contributed by atoms with E-state index in [1.807, 2.05) is 43.3 Å². The molecule has 1 aliphatic rings. The van der Waals surface area contributed by atoms with E-state index < -0.39 is 4.92 Å². The van der Waals surface area contributed by atoms with E-state index in [9.17, 15) is 14.9 Å². The Morgan fingerprint density at radius 2 is 1.80 bits per heavy atom. The largest absolute Gasteiger partial charge is 0.378 e. The van der Waals surface area contributed by atoms with Crippen molar-refractivity contribution in [1.82, 2.24) is 4.90 Å². The van der Waals surface area contributed by atoms with Crippen LogP contribution in [0.4, 0.5) is 11.4 Å². The van der Waals surface area contributed by atoms with Crippen LogP contribution >= 0.6 is 0 Å². The molecule has 1 heterocycles. The number of carbonyl (C=O) groups excluding carboxylic acids is 1. The predicted octanol–water partition coefficient (Wildman–Crippen LogP) is 4.39. The number of nitro groups is 1. The van der Waals surface area contributed by atoms with Crippen LogP contribution in [-0.4, -0.2) is 42.0 Å². The van der Waals surface area contributed by atoms with Crippen molar-refractivity contribution in [2.24, 2.45) is 0 Å². The molecule has 0 bridgehead atoms. The summed E-state index contributed by atoms with van der Waals surface area (Å²) in [6.45, 7) is 3.91. The van der Waals surface area contributed by atoms with Gasteiger partial charge in [0.25, 0.3) is 11.6 Å². The molecule has 3 aromatic carbocycles. The normalized spacial score (nSPS) is 15.0. The molecule has 0 saturated carbocycles. The summed E-state index contributed by atoms with van der Waals surface area (Å²) in [5, 5.41) is 17.2. The molecule has 0 unspecified atom stereocenters. The second-order valence-electron chi connectivity index (χ2n) is 7.37. The molecular formula is C23H23N3O4. The molecule has 0 aromatic heterocycles. The van der Waals surface area contributed by atoms with E-state index in [1.54, 1.807) is 17.0 Å². The summed E-state index contributed by atoms with van der Waals surface area (Å²) in [6, 6.07) is 18.7. The van der Waals surface area contributed by atoms with Crippen LogP contribution in [0.2, 0.25) is 0 Å². The standard InChI is InChI=1S/C23H23N3O4/c1-16(18-7-6-17-4-2-3-5-19(17)14-18)24-21-9-8-20(15-22(21)26(28)29)23(27)25-10-12-30-13-11-25/h2-9,14-16,24H,10-13H2,1H3/t16-/m0/s1. The number of nitro benzene ring substituents is 1. The van der Waals surface area contributed by atoms with E-state index in [1.165, 1.54) is 6.07 Å². The summed E-state index contributed by atoms with van der Waals surface area (Å²) >= 11 is 0. The van der Waals surface area contributed by atoms with E-state index in [4.69, 9.17) is 4.74 Å². The maximum Gasteiger partial charge on any atom is 0.293 e. The predicted molar refractivity (Wildman–Crippen MR) is 116 cm³/mol. The molecule has 3 aromatic rings. The van der Waals surface area contributed by atoms with Gasteiger partial charge in [0.2, 0.25) is 0 Å². The van der Waals surface area contributed by atoms with Gasteiger partial charge in [-0.3, -0.25) is 14.9 Å². The van der Waals surface area contributed by atoms with Gasteiger partial charge in [-0.25, -0.2) is 0 Å². The van der Waals surface area contributed by atoms with Crippen LogP contribution in [-0.2, 0) is 4.74 Å². The maximum atomic E-state index is 12.7. The van der Waals surface area contributed by atoms with Crippen LogP contribution in [0.3, 0.4) is 0 Å². The number of hydrogen-bond acceptors (Lipinski definition) is 5. The minimum absolute atomic E-state index is 0.109. The fourth-order valence-corrected chi connectivity index (χ4v) is 3.68. The van der Waals surface area contributed by atoms with Crippen LogP contribution < -0.4 is 5.32 Å². The number of fused-ring (bicyclic) bond motifs is 1. The van der Waals surface area contributed by atoms with Crippen molar-refractivity contribution in [1.29, 1.82) is 0 Å². The first-order chi connectivity index (χ1) is 14.5. The first-order valence-corrected chi connectivity index (χ1v) is 9.93. The number of benzene rings is 3. The molecule has 7 nitrogen and oxygen atoms in total. The van der Waals surface area contributed by atoms with Gasteiger partial charge in [-0.15, -0.1) is 0 Å². The molecule has 4 rings (SSSR count). The lowest BCUT2D eigenvalue weighted by atomic mass is 10.0. The van der Waals surface area contributed by atoms with E-state index in [-0.39, 0.29) is 17.6 Å². The molecule has 1 amide bonds. The van der Waals surface area contributed by atoms with Crippen molar-refractivity contribution in [2.45, 2.75) is 13.0 Å². The van der Waals surface area contributed by atoms with Crippen LogP contribution in [0.1, 0.15) is 28.9 Å². The topological polar surface area (TPSA) is 84.7 Å². The lowest BCUT2D eigenvalue weighted by Crippen LogP contribution is -2.40. The summed E-state index contributed by atoms with van der Waals surface area (Å²) in [5.41, 5.74) is 1.62. The number of hydrogen-bond donors (Lipinski definition) is 1. The molecule has 1 atom stereocenters. The third-order valence-electron chi connectivity index (χ3n) is 5.39. The highest BCUT2D eigenvalue weighted by Gasteiger charge is 2.23. The molecule has 1 N–H and O–H groups in total. The molecule has 30 heavy (non-hydrogen) atoms. The van der Waals surface area contributed by atoms with E-state index in [0.717, 1.165) is 16.3 Å². The van der Waals surface area contributed by atoms with Gasteiger partial charge < -0.3 is 15.0 Å². The number of nitrogens with one attached hydrogen (secondary N) is 1. The van der Waals surface area contributed by atoms with Gasteiger partial charge >= 0.3 is 0 Å². The van der Waals surface area contributed by atoms with Gasteiger partial charge in [0.15, 0.2) is 0 Å². The van der Waals surface area contributed by atoms with Gasteiger partial charge in [-0.1, -0.05) is 36.4 Å². The van der Waals surface area contributed by atoms with Gasteiger partial charge in [0.1, 0.15) is 5.69 Å². The van der Waals surface area contributed by atoms with Crippen molar-refractivity contribution >= 4 is 28.1 Å². The highest BCUT2D eigenvalue weighted by Crippen LogP contribution is 2.30. The van der Waals surface area contributed by atoms with Crippen LogP contribution in [0.5, 0.6) is 0 Å². The zero-order valence-electron chi connectivity index (χ0n) is 16.7. The molecule has 1 fully saturated rings. The lowest BCUT2D eigenvalue weighted by molar-refractivity contribution is -0.384. The Kier molecular flexibility index (Phi) is 5.63. The molecule has 0 radical (unpaired) electrons. The molecule has 7 heteroatoms. The molecule has 0 spiro atoms. The average Bonchev–Trinajstić information content (AvgIpc) is 2.79. The molecule has 1 saturated heterocycles. The Morgan fingerprint density at radius 3 is 2.53 bits per heavy atom. The van der Waals surface area contributed by atoms with Crippen molar-refractivity contribution in [3.05, 3.63) is 81.9 Å². The summed E-state index contributed by atoms with van der Waals surface area (Å²) in [6.07, 6.45) is 0. The van der Waals surface area contributed by atoms with Crippen LogP contribution in [0.15, 0.2) is 60.7 Å². The Morgan fingerprint density at radius 1 is 1.07 bits per heavy atom. The second-order valence-corrected chi connectivity index (χ2v) is 7.37. The summed E-state index contributed by atoms with van der Waals surface area (Å²) in [4.78, 5) is 25.6. The molecule has 0 aliphatic carbocycles. The summed E-state index contributed by atoms with van der Waals surface area (Å²) in [7, 11) is 0. The zero-order chi connectivity index (χ0) is 21.1.